The summed E-state index contributed by atoms with van der Waals surface area (Å²) in [5.74, 6) is -1.41. The van der Waals surface area contributed by atoms with Crippen LogP contribution in [0.1, 0.15) is 16.7 Å². The van der Waals surface area contributed by atoms with Gasteiger partial charge in [0.1, 0.15) is 17.1 Å². The van der Waals surface area contributed by atoms with Crippen LogP contribution in [0, 0.1) is 19.7 Å². The minimum atomic E-state index is -0.731. The van der Waals surface area contributed by atoms with Gasteiger partial charge in [-0.1, -0.05) is 18.2 Å². The summed E-state index contributed by atoms with van der Waals surface area (Å²) in [4.78, 5) is 16.0. The van der Waals surface area contributed by atoms with Gasteiger partial charge in [-0.2, -0.15) is 0 Å². The van der Waals surface area contributed by atoms with Gasteiger partial charge in [0.25, 0.3) is 0 Å². The Labute approximate surface area is 139 Å². The van der Waals surface area contributed by atoms with Gasteiger partial charge in [0.2, 0.25) is 0 Å². The van der Waals surface area contributed by atoms with E-state index in [1.807, 2.05) is 19.9 Å². The maximum Gasteiger partial charge on any atom is 0.343 e. The Balaban J connectivity index is 2.47. The van der Waals surface area contributed by atoms with Gasteiger partial charge in [0.05, 0.1) is 12.8 Å². The van der Waals surface area contributed by atoms with E-state index in [-0.39, 0.29) is 11.3 Å². The third kappa shape index (κ3) is 4.07. The first-order valence-corrected chi connectivity index (χ1v) is 7.31. The van der Waals surface area contributed by atoms with Crippen LogP contribution in [-0.2, 0) is 9.53 Å². The Morgan fingerprint density at radius 1 is 1.17 bits per heavy atom. The van der Waals surface area contributed by atoms with Crippen molar-refractivity contribution in [3.63, 3.8) is 0 Å². The molecule has 0 aromatic heterocycles. The molecule has 0 aliphatic carbocycles. The fraction of sp³-hybridized carbons (Fsp3) is 0.158. The number of benzene rings is 2. The zero-order valence-corrected chi connectivity index (χ0v) is 13.7. The molecule has 24 heavy (non-hydrogen) atoms. The van der Waals surface area contributed by atoms with Gasteiger partial charge in [-0.15, -0.1) is 0 Å². The molecule has 0 bridgehead atoms. The highest BCUT2D eigenvalue weighted by molar-refractivity contribution is 6.15. The number of aliphatic hydroxyl groups is 1. The predicted octanol–water partition coefficient (Wildman–Crippen LogP) is 4.29. The minimum absolute atomic E-state index is 0.106. The average Bonchev–Trinajstić information content (AvgIpc) is 2.57. The lowest BCUT2D eigenvalue weighted by Gasteiger charge is -2.08. The fourth-order valence-corrected chi connectivity index (χ4v) is 2.06. The third-order valence-electron chi connectivity index (χ3n) is 3.59. The number of carbonyl (C=O) groups excluding carboxylic acids is 1. The van der Waals surface area contributed by atoms with Crippen molar-refractivity contribution in [2.45, 2.75) is 13.8 Å². The van der Waals surface area contributed by atoms with Gasteiger partial charge >= 0.3 is 5.97 Å². The standard InChI is InChI=1S/C19H18FNO3/c1-12-7-8-14(9-13(12)2)18(22)17(19(23)24-3)11-21-16-6-4-5-15(20)10-16/h4-11,22H,1-3H3. The molecule has 124 valence electrons. The summed E-state index contributed by atoms with van der Waals surface area (Å²) in [7, 11) is 1.21. The van der Waals surface area contributed by atoms with E-state index in [0.29, 0.717) is 11.3 Å². The first-order valence-electron chi connectivity index (χ1n) is 7.31. The molecule has 2 aromatic carbocycles. The summed E-state index contributed by atoms with van der Waals surface area (Å²) in [5.41, 5.74) is 2.74. The molecule has 2 rings (SSSR count). The Kier molecular flexibility index (Phi) is 5.47. The maximum absolute atomic E-state index is 13.2. The van der Waals surface area contributed by atoms with E-state index >= 15 is 0 Å². The van der Waals surface area contributed by atoms with Crippen molar-refractivity contribution in [1.82, 2.24) is 0 Å². The summed E-state index contributed by atoms with van der Waals surface area (Å²) < 4.78 is 17.9. The number of carbonyl (C=O) groups is 1. The fourth-order valence-electron chi connectivity index (χ4n) is 2.06. The van der Waals surface area contributed by atoms with Crippen LogP contribution in [0.25, 0.3) is 5.76 Å². The molecule has 0 spiro atoms. The van der Waals surface area contributed by atoms with Crippen molar-refractivity contribution in [3.05, 3.63) is 70.5 Å². The normalized spacial score (nSPS) is 12.2. The Hall–Kier alpha value is -2.95. The average molecular weight is 327 g/mol. The predicted molar refractivity (Wildman–Crippen MR) is 92.0 cm³/mol. The van der Waals surface area contributed by atoms with Gasteiger partial charge in [0.15, 0.2) is 0 Å². The highest BCUT2D eigenvalue weighted by atomic mass is 19.1. The number of halogens is 1. The molecule has 1 N–H and O–H groups in total. The summed E-state index contributed by atoms with van der Waals surface area (Å²) >= 11 is 0. The summed E-state index contributed by atoms with van der Waals surface area (Å²) in [6, 6.07) is 10.9. The molecule has 0 fully saturated rings. The Morgan fingerprint density at radius 2 is 1.92 bits per heavy atom. The van der Waals surface area contributed by atoms with E-state index < -0.39 is 11.8 Å². The molecule has 0 radical (unpaired) electrons. The molecule has 0 saturated heterocycles. The van der Waals surface area contributed by atoms with Gasteiger partial charge < -0.3 is 9.84 Å². The lowest BCUT2D eigenvalue weighted by atomic mass is 10.0. The number of nitrogens with zero attached hydrogens (tertiary/aromatic N) is 1. The molecule has 0 heterocycles. The second kappa shape index (κ2) is 7.55. The number of aliphatic hydroxyl groups excluding tert-OH is 1. The van der Waals surface area contributed by atoms with Crippen LogP contribution in [0.2, 0.25) is 0 Å². The quantitative estimate of drug-likeness (QED) is 0.394. The number of aliphatic imine (C=N–C) groups is 1. The van der Waals surface area contributed by atoms with Crippen molar-refractivity contribution in [2.24, 2.45) is 4.99 Å². The number of ether oxygens (including phenoxy) is 1. The van der Waals surface area contributed by atoms with Gasteiger partial charge in [-0.05, 0) is 49.2 Å². The van der Waals surface area contributed by atoms with Crippen LogP contribution < -0.4 is 0 Å². The smallest absolute Gasteiger partial charge is 0.343 e. The van der Waals surface area contributed by atoms with Crippen molar-refractivity contribution < 1.29 is 19.0 Å². The van der Waals surface area contributed by atoms with Crippen molar-refractivity contribution in [3.8, 4) is 0 Å². The highest BCUT2D eigenvalue weighted by Crippen LogP contribution is 2.20. The molecule has 0 aliphatic rings. The number of hydrogen-bond donors (Lipinski definition) is 1. The SMILES string of the molecule is COC(=O)C(C=Nc1cccc(F)c1)=C(O)c1ccc(C)c(C)c1. The van der Waals surface area contributed by atoms with Crippen LogP contribution >= 0.6 is 0 Å². The Bertz CT molecular complexity index is 825. The number of rotatable bonds is 4. The Morgan fingerprint density at radius 3 is 2.54 bits per heavy atom. The van der Waals surface area contributed by atoms with Crippen LogP contribution in [0.4, 0.5) is 10.1 Å². The number of esters is 1. The number of methoxy groups -OCH3 is 1. The van der Waals surface area contributed by atoms with E-state index in [4.69, 9.17) is 4.74 Å². The first kappa shape index (κ1) is 17.4. The van der Waals surface area contributed by atoms with E-state index in [2.05, 4.69) is 4.99 Å². The van der Waals surface area contributed by atoms with E-state index in [1.165, 1.54) is 31.5 Å². The molecule has 0 aliphatic heterocycles. The second-order valence-corrected chi connectivity index (χ2v) is 5.29. The minimum Gasteiger partial charge on any atom is -0.506 e. The van der Waals surface area contributed by atoms with E-state index in [1.54, 1.807) is 18.2 Å². The third-order valence-corrected chi connectivity index (χ3v) is 3.59. The monoisotopic (exact) mass is 327 g/mol. The van der Waals surface area contributed by atoms with Gasteiger partial charge in [0, 0.05) is 11.8 Å². The maximum atomic E-state index is 13.2. The van der Waals surface area contributed by atoms with Crippen molar-refractivity contribution in [1.29, 1.82) is 0 Å². The van der Waals surface area contributed by atoms with Crippen LogP contribution in [0.15, 0.2) is 53.0 Å². The van der Waals surface area contributed by atoms with Gasteiger partial charge in [-0.3, -0.25) is 4.99 Å². The molecule has 5 heteroatoms. The van der Waals surface area contributed by atoms with Crippen molar-refractivity contribution >= 4 is 23.6 Å². The summed E-state index contributed by atoms with van der Waals surface area (Å²) in [5, 5.41) is 10.4. The lowest BCUT2D eigenvalue weighted by molar-refractivity contribution is -0.135. The number of hydrogen-bond acceptors (Lipinski definition) is 4. The van der Waals surface area contributed by atoms with Gasteiger partial charge in [-0.25, -0.2) is 9.18 Å². The lowest BCUT2D eigenvalue weighted by Crippen LogP contribution is -2.09. The topological polar surface area (TPSA) is 58.9 Å². The molecule has 2 aromatic rings. The summed E-state index contributed by atoms with van der Waals surface area (Å²) in [6.07, 6.45) is 1.17. The zero-order chi connectivity index (χ0) is 17.7. The largest absolute Gasteiger partial charge is 0.506 e. The van der Waals surface area contributed by atoms with E-state index in [9.17, 15) is 14.3 Å². The van der Waals surface area contributed by atoms with E-state index in [0.717, 1.165) is 11.1 Å². The van der Waals surface area contributed by atoms with Crippen LogP contribution in [-0.4, -0.2) is 24.4 Å². The molecule has 0 saturated carbocycles. The van der Waals surface area contributed by atoms with Crippen molar-refractivity contribution in [2.75, 3.05) is 7.11 Å². The molecule has 4 nitrogen and oxygen atoms in total. The van der Waals surface area contributed by atoms with Crippen LogP contribution in [0.3, 0.4) is 0 Å². The molecular weight excluding hydrogens is 309 g/mol. The molecule has 0 amide bonds. The molecule has 0 atom stereocenters. The van der Waals surface area contributed by atoms with Crippen LogP contribution in [0.5, 0.6) is 0 Å². The molecule has 0 unspecified atom stereocenters. The molecular formula is C19H18FNO3. The highest BCUT2D eigenvalue weighted by Gasteiger charge is 2.16. The summed E-state index contributed by atoms with van der Waals surface area (Å²) in [6.45, 7) is 3.86. The first-order chi connectivity index (χ1) is 11.4. The number of aryl methyl sites for hydroxylation is 2. The zero-order valence-electron chi connectivity index (χ0n) is 13.7. The second-order valence-electron chi connectivity index (χ2n) is 5.29.